The van der Waals surface area contributed by atoms with Crippen molar-refractivity contribution in [1.82, 2.24) is 5.32 Å². The Bertz CT molecular complexity index is 267. The number of rotatable bonds is 11. The zero-order valence-electron chi connectivity index (χ0n) is 13.8. The van der Waals surface area contributed by atoms with Crippen LogP contribution in [-0.2, 0) is 4.74 Å². The topological polar surface area (TPSA) is 58.6 Å². The number of amides is 1. The SMILES string of the molecule is CC(C)(C)OC(=O)NC[C@H](CO)CCCCCCCCBr. The van der Waals surface area contributed by atoms with Crippen molar-refractivity contribution in [2.24, 2.45) is 5.92 Å². The van der Waals surface area contributed by atoms with Gasteiger partial charge >= 0.3 is 6.09 Å². The van der Waals surface area contributed by atoms with Gasteiger partial charge in [0.05, 0.1) is 0 Å². The maximum atomic E-state index is 11.5. The Labute approximate surface area is 138 Å². The van der Waals surface area contributed by atoms with Gasteiger partial charge in [-0.25, -0.2) is 4.79 Å². The standard InChI is InChI=1S/C16H32BrNO3/c1-16(2,3)21-15(20)18-12-14(13-19)10-8-6-4-5-7-9-11-17/h14,19H,4-13H2,1-3H3,(H,18,20)/t14-/m1/s1. The number of nitrogens with one attached hydrogen (secondary N) is 1. The normalized spacial score (nSPS) is 13.0. The van der Waals surface area contributed by atoms with E-state index in [-0.39, 0.29) is 12.5 Å². The quantitative estimate of drug-likeness (QED) is 0.425. The minimum atomic E-state index is -0.478. The number of ether oxygens (including phenoxy) is 1. The van der Waals surface area contributed by atoms with E-state index in [0.29, 0.717) is 6.54 Å². The highest BCUT2D eigenvalue weighted by Crippen LogP contribution is 2.12. The zero-order chi connectivity index (χ0) is 16.1. The van der Waals surface area contributed by atoms with Crippen LogP contribution < -0.4 is 5.32 Å². The molecule has 0 radical (unpaired) electrons. The molecule has 1 atom stereocenters. The first kappa shape index (κ1) is 20.7. The van der Waals surface area contributed by atoms with E-state index in [1.54, 1.807) is 0 Å². The molecule has 0 aromatic heterocycles. The molecule has 4 nitrogen and oxygen atoms in total. The summed E-state index contributed by atoms with van der Waals surface area (Å²) in [5.41, 5.74) is -0.478. The van der Waals surface area contributed by atoms with Gasteiger partial charge in [0, 0.05) is 18.5 Å². The fraction of sp³-hybridized carbons (Fsp3) is 0.938. The van der Waals surface area contributed by atoms with Crippen LogP contribution in [0.4, 0.5) is 4.79 Å². The van der Waals surface area contributed by atoms with Gasteiger partial charge in [-0.2, -0.15) is 0 Å². The van der Waals surface area contributed by atoms with E-state index in [4.69, 9.17) is 4.74 Å². The predicted octanol–water partition coefficient (Wildman–Crippen LogP) is 4.25. The first-order valence-corrected chi connectivity index (χ1v) is 9.15. The van der Waals surface area contributed by atoms with E-state index in [2.05, 4.69) is 21.2 Å². The van der Waals surface area contributed by atoms with E-state index in [1.165, 1.54) is 32.1 Å². The molecule has 0 heterocycles. The van der Waals surface area contributed by atoms with Crippen LogP contribution in [-0.4, -0.2) is 35.3 Å². The Morgan fingerprint density at radius 3 is 2.24 bits per heavy atom. The summed E-state index contributed by atoms with van der Waals surface area (Å²) in [7, 11) is 0. The van der Waals surface area contributed by atoms with Crippen molar-refractivity contribution >= 4 is 22.0 Å². The molecule has 0 saturated heterocycles. The smallest absolute Gasteiger partial charge is 0.407 e. The molecule has 0 rings (SSSR count). The zero-order valence-corrected chi connectivity index (χ0v) is 15.4. The van der Waals surface area contributed by atoms with E-state index in [0.717, 1.165) is 18.2 Å². The van der Waals surface area contributed by atoms with Gasteiger partial charge in [0.1, 0.15) is 5.60 Å². The fourth-order valence-corrected chi connectivity index (χ4v) is 2.43. The number of alkyl carbamates (subject to hydrolysis) is 1. The third-order valence-corrected chi connectivity index (χ3v) is 3.75. The number of halogens is 1. The van der Waals surface area contributed by atoms with Gasteiger partial charge in [0.25, 0.3) is 0 Å². The maximum absolute atomic E-state index is 11.5. The van der Waals surface area contributed by atoms with Gasteiger partial charge < -0.3 is 15.2 Å². The molecule has 21 heavy (non-hydrogen) atoms. The molecule has 0 aromatic carbocycles. The number of carbonyl (C=O) groups is 1. The average molecular weight is 366 g/mol. The molecule has 0 spiro atoms. The average Bonchev–Trinajstić information content (AvgIpc) is 2.39. The number of hydrogen-bond donors (Lipinski definition) is 2. The lowest BCUT2D eigenvalue weighted by molar-refractivity contribution is 0.0511. The molecule has 126 valence electrons. The van der Waals surface area contributed by atoms with E-state index < -0.39 is 11.7 Å². The number of aliphatic hydroxyl groups excluding tert-OH is 1. The van der Waals surface area contributed by atoms with Crippen molar-refractivity contribution in [3.63, 3.8) is 0 Å². The second-order valence-corrected chi connectivity index (χ2v) is 7.32. The van der Waals surface area contributed by atoms with Crippen LogP contribution in [0.3, 0.4) is 0 Å². The highest BCUT2D eigenvalue weighted by atomic mass is 79.9. The summed E-state index contributed by atoms with van der Waals surface area (Å²) in [5, 5.41) is 13.2. The Kier molecular flexibility index (Phi) is 12.1. The summed E-state index contributed by atoms with van der Waals surface area (Å²) in [6.07, 6.45) is 7.92. The third kappa shape index (κ3) is 14.4. The molecular formula is C16H32BrNO3. The van der Waals surface area contributed by atoms with Crippen LogP contribution in [0.5, 0.6) is 0 Å². The first-order valence-electron chi connectivity index (χ1n) is 8.02. The van der Waals surface area contributed by atoms with Gasteiger partial charge in [-0.1, -0.05) is 48.0 Å². The molecule has 0 aliphatic carbocycles. The number of alkyl halides is 1. The van der Waals surface area contributed by atoms with Crippen molar-refractivity contribution in [3.8, 4) is 0 Å². The van der Waals surface area contributed by atoms with Gasteiger partial charge in [-0.15, -0.1) is 0 Å². The highest BCUT2D eigenvalue weighted by molar-refractivity contribution is 9.09. The van der Waals surface area contributed by atoms with Gasteiger partial charge in [-0.3, -0.25) is 0 Å². The Balaban J connectivity index is 3.64. The Hall–Kier alpha value is -0.290. The molecule has 0 unspecified atom stereocenters. The first-order chi connectivity index (χ1) is 9.89. The lowest BCUT2D eigenvalue weighted by Gasteiger charge is -2.21. The van der Waals surface area contributed by atoms with Crippen LogP contribution in [0.1, 0.15) is 65.7 Å². The van der Waals surface area contributed by atoms with Crippen molar-refractivity contribution in [1.29, 1.82) is 0 Å². The molecule has 1 amide bonds. The number of carbonyl (C=O) groups excluding carboxylic acids is 1. The largest absolute Gasteiger partial charge is 0.444 e. The third-order valence-electron chi connectivity index (χ3n) is 3.19. The summed E-state index contributed by atoms with van der Waals surface area (Å²) in [6, 6.07) is 0. The Morgan fingerprint density at radius 2 is 1.71 bits per heavy atom. The maximum Gasteiger partial charge on any atom is 0.407 e. The lowest BCUT2D eigenvalue weighted by Crippen LogP contribution is -2.36. The van der Waals surface area contributed by atoms with Crippen LogP contribution in [0.2, 0.25) is 0 Å². The molecular weight excluding hydrogens is 334 g/mol. The van der Waals surface area contributed by atoms with E-state index in [1.807, 2.05) is 20.8 Å². The summed E-state index contributed by atoms with van der Waals surface area (Å²) >= 11 is 3.44. The minimum absolute atomic E-state index is 0.111. The molecule has 0 aliphatic rings. The highest BCUT2D eigenvalue weighted by Gasteiger charge is 2.17. The summed E-state index contributed by atoms with van der Waals surface area (Å²) in [6.45, 7) is 6.11. The second-order valence-electron chi connectivity index (χ2n) is 6.53. The van der Waals surface area contributed by atoms with Crippen LogP contribution >= 0.6 is 15.9 Å². The van der Waals surface area contributed by atoms with Crippen molar-refractivity contribution < 1.29 is 14.6 Å². The molecule has 0 aromatic rings. The predicted molar refractivity (Wildman–Crippen MR) is 90.9 cm³/mol. The monoisotopic (exact) mass is 365 g/mol. The number of aliphatic hydroxyl groups is 1. The molecule has 0 bridgehead atoms. The van der Waals surface area contributed by atoms with Gasteiger partial charge in [-0.05, 0) is 39.5 Å². The van der Waals surface area contributed by atoms with Crippen LogP contribution in [0.15, 0.2) is 0 Å². The molecule has 0 aliphatic heterocycles. The van der Waals surface area contributed by atoms with Crippen LogP contribution in [0.25, 0.3) is 0 Å². The summed E-state index contributed by atoms with van der Waals surface area (Å²) in [5.74, 6) is 0.125. The number of unbranched alkanes of at least 4 members (excludes halogenated alkanes) is 5. The van der Waals surface area contributed by atoms with Gasteiger partial charge in [0.2, 0.25) is 0 Å². The van der Waals surface area contributed by atoms with E-state index >= 15 is 0 Å². The van der Waals surface area contributed by atoms with Crippen molar-refractivity contribution in [3.05, 3.63) is 0 Å². The Morgan fingerprint density at radius 1 is 1.14 bits per heavy atom. The second kappa shape index (κ2) is 12.3. The minimum Gasteiger partial charge on any atom is -0.444 e. The van der Waals surface area contributed by atoms with Gasteiger partial charge in [0.15, 0.2) is 0 Å². The summed E-state index contributed by atoms with van der Waals surface area (Å²) < 4.78 is 5.18. The van der Waals surface area contributed by atoms with Crippen LogP contribution in [0, 0.1) is 5.92 Å². The molecule has 0 saturated carbocycles. The van der Waals surface area contributed by atoms with E-state index in [9.17, 15) is 9.90 Å². The van der Waals surface area contributed by atoms with Crippen molar-refractivity contribution in [2.75, 3.05) is 18.5 Å². The number of hydrogen-bond acceptors (Lipinski definition) is 3. The lowest BCUT2D eigenvalue weighted by atomic mass is 10.0. The fourth-order valence-electron chi connectivity index (χ4n) is 2.03. The molecule has 0 fully saturated rings. The summed E-state index contributed by atoms with van der Waals surface area (Å²) in [4.78, 5) is 11.5. The molecule has 2 N–H and O–H groups in total. The van der Waals surface area contributed by atoms with Crippen molar-refractivity contribution in [2.45, 2.75) is 71.3 Å². The molecule has 5 heteroatoms.